The lowest BCUT2D eigenvalue weighted by molar-refractivity contribution is 0.380. The summed E-state index contributed by atoms with van der Waals surface area (Å²) in [6.07, 6.45) is 2.06. The molecule has 0 atom stereocenters. The van der Waals surface area contributed by atoms with E-state index in [0.29, 0.717) is 24.8 Å². The molecule has 8 heteroatoms. The minimum Gasteiger partial charge on any atom is -0.369 e. The molecular formula is C12H14N6OS. The van der Waals surface area contributed by atoms with Gasteiger partial charge in [0.1, 0.15) is 10.6 Å². The molecule has 3 rings (SSSR count). The Morgan fingerprint density at radius 3 is 3.00 bits per heavy atom. The van der Waals surface area contributed by atoms with Crippen molar-refractivity contribution in [2.45, 2.75) is 13.3 Å². The summed E-state index contributed by atoms with van der Waals surface area (Å²) in [5, 5.41) is 10.9. The van der Waals surface area contributed by atoms with Crippen LogP contribution in [0.5, 0.6) is 0 Å². The lowest BCUT2D eigenvalue weighted by atomic mass is 10.3. The Kier molecular flexibility index (Phi) is 3.46. The molecule has 0 fully saturated rings. The van der Waals surface area contributed by atoms with Crippen molar-refractivity contribution in [3.63, 3.8) is 0 Å². The summed E-state index contributed by atoms with van der Waals surface area (Å²) in [6, 6.07) is 2.09. The Balaban J connectivity index is 1.81. The fourth-order valence-electron chi connectivity index (χ4n) is 1.88. The van der Waals surface area contributed by atoms with E-state index >= 15 is 0 Å². The molecule has 0 radical (unpaired) electrons. The predicted molar refractivity (Wildman–Crippen MR) is 78.2 cm³/mol. The second-order valence-electron chi connectivity index (χ2n) is 4.23. The first-order valence-corrected chi connectivity index (χ1v) is 7.03. The first kappa shape index (κ1) is 12.8. The second-order valence-corrected chi connectivity index (χ2v) is 5.47. The van der Waals surface area contributed by atoms with Crippen molar-refractivity contribution in [1.82, 2.24) is 20.1 Å². The number of aryl methyl sites for hydroxylation is 1. The van der Waals surface area contributed by atoms with Crippen molar-refractivity contribution >= 4 is 33.3 Å². The zero-order chi connectivity index (χ0) is 13.9. The molecule has 0 saturated carbocycles. The average molecular weight is 290 g/mol. The van der Waals surface area contributed by atoms with Crippen LogP contribution in [-0.2, 0) is 6.42 Å². The van der Waals surface area contributed by atoms with E-state index in [9.17, 15) is 0 Å². The monoisotopic (exact) mass is 290 g/mol. The van der Waals surface area contributed by atoms with Gasteiger partial charge in [0.15, 0.2) is 6.33 Å². The Morgan fingerprint density at radius 2 is 2.25 bits per heavy atom. The summed E-state index contributed by atoms with van der Waals surface area (Å²) < 4.78 is 4.96. The standard InChI is InChI=1S/C12H14N6OS/c1-7-5-8-10(14-4-3-9-15-6-16-19-9)17-12(13-2)18-11(8)20-7/h5-6H,3-4H2,1-2H3,(H2,13,14,17,18). The van der Waals surface area contributed by atoms with Crippen molar-refractivity contribution in [2.75, 3.05) is 24.2 Å². The van der Waals surface area contributed by atoms with Crippen molar-refractivity contribution in [1.29, 1.82) is 0 Å². The Morgan fingerprint density at radius 1 is 1.35 bits per heavy atom. The zero-order valence-corrected chi connectivity index (χ0v) is 12.0. The molecule has 7 nitrogen and oxygen atoms in total. The quantitative estimate of drug-likeness (QED) is 0.743. The third-order valence-corrected chi connectivity index (χ3v) is 3.72. The highest BCUT2D eigenvalue weighted by Crippen LogP contribution is 2.29. The van der Waals surface area contributed by atoms with Gasteiger partial charge in [-0.15, -0.1) is 11.3 Å². The molecule has 3 heterocycles. The fourth-order valence-corrected chi connectivity index (χ4v) is 2.76. The first-order valence-electron chi connectivity index (χ1n) is 6.21. The number of fused-ring (bicyclic) bond motifs is 1. The molecule has 104 valence electrons. The van der Waals surface area contributed by atoms with Gasteiger partial charge in [-0.3, -0.25) is 0 Å². The largest absolute Gasteiger partial charge is 0.369 e. The van der Waals surface area contributed by atoms with Gasteiger partial charge in [0.25, 0.3) is 0 Å². The predicted octanol–water partition coefficient (Wildman–Crippen LogP) is 2.08. The Bertz CT molecular complexity index is 708. The highest BCUT2D eigenvalue weighted by molar-refractivity contribution is 7.18. The van der Waals surface area contributed by atoms with Gasteiger partial charge in [-0.2, -0.15) is 9.97 Å². The van der Waals surface area contributed by atoms with Crippen LogP contribution in [0.1, 0.15) is 10.8 Å². The highest BCUT2D eigenvalue weighted by Gasteiger charge is 2.10. The summed E-state index contributed by atoms with van der Waals surface area (Å²) in [5.74, 6) is 2.04. The van der Waals surface area contributed by atoms with E-state index in [1.807, 2.05) is 7.05 Å². The normalized spacial score (nSPS) is 10.9. The van der Waals surface area contributed by atoms with Crippen LogP contribution < -0.4 is 10.6 Å². The molecular weight excluding hydrogens is 276 g/mol. The van der Waals surface area contributed by atoms with Gasteiger partial charge in [0.2, 0.25) is 11.8 Å². The van der Waals surface area contributed by atoms with E-state index in [2.05, 4.69) is 43.7 Å². The van der Waals surface area contributed by atoms with E-state index in [1.54, 1.807) is 11.3 Å². The number of aromatic nitrogens is 4. The van der Waals surface area contributed by atoms with Crippen LogP contribution in [0.2, 0.25) is 0 Å². The molecule has 0 unspecified atom stereocenters. The number of rotatable bonds is 5. The minimum atomic E-state index is 0.609. The van der Waals surface area contributed by atoms with Gasteiger partial charge in [-0.1, -0.05) is 5.16 Å². The van der Waals surface area contributed by atoms with Gasteiger partial charge < -0.3 is 15.2 Å². The van der Waals surface area contributed by atoms with Gasteiger partial charge in [-0.05, 0) is 13.0 Å². The topological polar surface area (TPSA) is 88.8 Å². The lowest BCUT2D eigenvalue weighted by Crippen LogP contribution is -2.08. The highest BCUT2D eigenvalue weighted by atomic mass is 32.1. The molecule has 3 aromatic rings. The third-order valence-electron chi connectivity index (χ3n) is 2.78. The molecule has 0 amide bonds. The molecule has 0 aliphatic rings. The lowest BCUT2D eigenvalue weighted by Gasteiger charge is -2.07. The van der Waals surface area contributed by atoms with Crippen LogP contribution >= 0.6 is 11.3 Å². The molecule has 0 aliphatic heterocycles. The number of thiophene rings is 1. The van der Waals surface area contributed by atoms with E-state index in [-0.39, 0.29) is 0 Å². The molecule has 0 aliphatic carbocycles. The zero-order valence-electron chi connectivity index (χ0n) is 11.2. The van der Waals surface area contributed by atoms with Crippen LogP contribution in [0.25, 0.3) is 10.2 Å². The van der Waals surface area contributed by atoms with Gasteiger partial charge >= 0.3 is 0 Å². The van der Waals surface area contributed by atoms with Crippen molar-refractivity contribution in [3.05, 3.63) is 23.2 Å². The molecule has 0 spiro atoms. The Labute approximate surface area is 119 Å². The maximum absolute atomic E-state index is 4.96. The van der Waals surface area contributed by atoms with Gasteiger partial charge in [0.05, 0.1) is 5.39 Å². The molecule has 2 N–H and O–H groups in total. The van der Waals surface area contributed by atoms with Crippen molar-refractivity contribution in [2.24, 2.45) is 0 Å². The summed E-state index contributed by atoms with van der Waals surface area (Å²) in [5.41, 5.74) is 0. The maximum Gasteiger partial charge on any atom is 0.228 e. The molecule has 0 saturated heterocycles. The summed E-state index contributed by atoms with van der Waals surface area (Å²) in [6.45, 7) is 2.74. The summed E-state index contributed by atoms with van der Waals surface area (Å²) in [7, 11) is 1.81. The number of hydrogen-bond acceptors (Lipinski definition) is 8. The summed E-state index contributed by atoms with van der Waals surface area (Å²) in [4.78, 5) is 15.1. The first-order chi connectivity index (χ1) is 9.76. The third kappa shape index (κ3) is 2.55. The van der Waals surface area contributed by atoms with Crippen LogP contribution in [0.3, 0.4) is 0 Å². The van der Waals surface area contributed by atoms with Gasteiger partial charge in [0, 0.05) is 24.9 Å². The van der Waals surface area contributed by atoms with E-state index < -0.39 is 0 Å². The molecule has 0 aromatic carbocycles. The number of anilines is 2. The van der Waals surface area contributed by atoms with E-state index in [1.165, 1.54) is 11.2 Å². The fraction of sp³-hybridized carbons (Fsp3) is 0.333. The second kappa shape index (κ2) is 5.41. The SMILES string of the molecule is CNc1nc(NCCc2ncno2)c2cc(C)sc2n1. The van der Waals surface area contributed by atoms with E-state index in [0.717, 1.165) is 16.0 Å². The number of nitrogens with zero attached hydrogens (tertiary/aromatic N) is 4. The number of hydrogen-bond donors (Lipinski definition) is 2. The van der Waals surface area contributed by atoms with Crippen LogP contribution in [0.15, 0.2) is 16.9 Å². The molecule has 3 aromatic heterocycles. The average Bonchev–Trinajstić information content (AvgIpc) is 3.06. The smallest absolute Gasteiger partial charge is 0.228 e. The van der Waals surface area contributed by atoms with Crippen LogP contribution in [0, 0.1) is 6.92 Å². The van der Waals surface area contributed by atoms with Crippen molar-refractivity contribution < 1.29 is 4.52 Å². The maximum atomic E-state index is 4.96. The van der Waals surface area contributed by atoms with Crippen molar-refractivity contribution in [3.8, 4) is 0 Å². The minimum absolute atomic E-state index is 0.609. The Hall–Kier alpha value is -2.22. The van der Waals surface area contributed by atoms with Gasteiger partial charge in [-0.25, -0.2) is 4.98 Å². The number of nitrogens with one attached hydrogen (secondary N) is 2. The molecule has 0 bridgehead atoms. The van der Waals surface area contributed by atoms with Crippen LogP contribution in [0.4, 0.5) is 11.8 Å². The van der Waals surface area contributed by atoms with Crippen LogP contribution in [-0.4, -0.2) is 33.7 Å². The summed E-state index contributed by atoms with van der Waals surface area (Å²) >= 11 is 1.66. The van der Waals surface area contributed by atoms with E-state index in [4.69, 9.17) is 4.52 Å². The molecule has 20 heavy (non-hydrogen) atoms.